The Morgan fingerprint density at radius 1 is 1.33 bits per heavy atom. The van der Waals surface area contributed by atoms with Crippen molar-refractivity contribution in [1.29, 1.82) is 0 Å². The molecular formula is C16H30N2O2S. The molecule has 21 heavy (non-hydrogen) atoms. The van der Waals surface area contributed by atoms with Gasteiger partial charge < -0.3 is 15.2 Å². The summed E-state index contributed by atoms with van der Waals surface area (Å²) in [5.74, 6) is 2.53. The normalized spacial score (nSPS) is 37.7. The van der Waals surface area contributed by atoms with E-state index in [1.54, 1.807) is 0 Å². The molecule has 3 rings (SSSR count). The second kappa shape index (κ2) is 7.18. The summed E-state index contributed by atoms with van der Waals surface area (Å²) < 4.78 is 11.8. The zero-order chi connectivity index (χ0) is 14.7. The van der Waals surface area contributed by atoms with Crippen molar-refractivity contribution in [3.8, 4) is 0 Å². The summed E-state index contributed by atoms with van der Waals surface area (Å²) in [4.78, 5) is 2.68. The molecule has 3 unspecified atom stereocenters. The molecule has 3 atom stereocenters. The highest BCUT2D eigenvalue weighted by Crippen LogP contribution is 2.40. The van der Waals surface area contributed by atoms with Crippen LogP contribution in [0.1, 0.15) is 38.5 Å². The fourth-order valence-electron chi connectivity index (χ4n) is 4.34. The van der Waals surface area contributed by atoms with Crippen LogP contribution in [-0.2, 0) is 9.47 Å². The molecular weight excluding hydrogens is 284 g/mol. The van der Waals surface area contributed by atoms with E-state index in [2.05, 4.69) is 16.7 Å². The topological polar surface area (TPSA) is 47.7 Å². The molecule has 122 valence electrons. The molecule has 0 saturated carbocycles. The molecule has 0 aromatic rings. The van der Waals surface area contributed by atoms with E-state index in [0.717, 1.165) is 32.5 Å². The Balaban J connectivity index is 1.64. The Bertz CT molecular complexity index is 331. The van der Waals surface area contributed by atoms with Crippen LogP contribution in [0.15, 0.2) is 0 Å². The van der Waals surface area contributed by atoms with Gasteiger partial charge in [0.2, 0.25) is 0 Å². The Labute approximate surface area is 133 Å². The molecule has 1 spiro atoms. The zero-order valence-corrected chi connectivity index (χ0v) is 14.1. The van der Waals surface area contributed by atoms with Crippen LogP contribution in [-0.4, -0.2) is 67.0 Å². The average molecular weight is 314 g/mol. The minimum atomic E-state index is 0.172. The molecule has 0 aromatic heterocycles. The molecule has 3 fully saturated rings. The summed E-state index contributed by atoms with van der Waals surface area (Å²) in [5.41, 5.74) is 6.23. The van der Waals surface area contributed by atoms with Gasteiger partial charge in [-0.05, 0) is 50.0 Å². The number of rotatable bonds is 3. The second-order valence-corrected chi connectivity index (χ2v) is 8.02. The van der Waals surface area contributed by atoms with Crippen LogP contribution in [0.4, 0.5) is 0 Å². The van der Waals surface area contributed by atoms with E-state index in [4.69, 9.17) is 15.2 Å². The third-order valence-corrected chi connectivity index (χ3v) is 6.64. The standard InChI is InChI=1S/C16H30N2O2S/c1-19-15-2-6-18(14(10-15)12-17)13-3-7-20-16(11-13)4-8-21-9-5-16/h13-15H,2-12,17H2,1H3. The first-order chi connectivity index (χ1) is 10.3. The van der Waals surface area contributed by atoms with Gasteiger partial charge in [0.15, 0.2) is 0 Å². The van der Waals surface area contributed by atoms with Crippen molar-refractivity contribution in [2.75, 3.05) is 38.3 Å². The lowest BCUT2D eigenvalue weighted by Gasteiger charge is -2.50. The second-order valence-electron chi connectivity index (χ2n) is 6.80. The molecule has 3 heterocycles. The van der Waals surface area contributed by atoms with Crippen molar-refractivity contribution in [1.82, 2.24) is 4.90 Å². The first kappa shape index (κ1) is 16.1. The third kappa shape index (κ3) is 3.58. The van der Waals surface area contributed by atoms with Crippen LogP contribution in [0.3, 0.4) is 0 Å². The fourth-order valence-corrected chi connectivity index (χ4v) is 5.57. The Morgan fingerprint density at radius 2 is 2.14 bits per heavy atom. The molecule has 0 radical (unpaired) electrons. The van der Waals surface area contributed by atoms with Crippen LogP contribution in [0.25, 0.3) is 0 Å². The lowest BCUT2D eigenvalue weighted by Crippen LogP contribution is -2.57. The van der Waals surface area contributed by atoms with Gasteiger partial charge in [0.05, 0.1) is 11.7 Å². The highest BCUT2D eigenvalue weighted by molar-refractivity contribution is 7.99. The van der Waals surface area contributed by atoms with Crippen LogP contribution in [0.2, 0.25) is 0 Å². The molecule has 5 heteroatoms. The Morgan fingerprint density at radius 3 is 2.86 bits per heavy atom. The van der Waals surface area contributed by atoms with Gasteiger partial charge in [-0.2, -0.15) is 11.8 Å². The van der Waals surface area contributed by atoms with Gasteiger partial charge in [0, 0.05) is 38.9 Å². The summed E-state index contributed by atoms with van der Waals surface area (Å²) in [6.07, 6.45) is 7.48. The number of ether oxygens (including phenoxy) is 2. The third-order valence-electron chi connectivity index (χ3n) is 5.66. The quantitative estimate of drug-likeness (QED) is 0.862. The molecule has 0 bridgehead atoms. The van der Waals surface area contributed by atoms with Gasteiger partial charge >= 0.3 is 0 Å². The maximum atomic E-state index is 6.24. The van der Waals surface area contributed by atoms with Crippen LogP contribution < -0.4 is 5.73 Å². The number of likely N-dealkylation sites (tertiary alicyclic amines) is 1. The van der Waals surface area contributed by atoms with Crippen LogP contribution in [0.5, 0.6) is 0 Å². The first-order valence-electron chi connectivity index (χ1n) is 8.47. The summed E-state index contributed by atoms with van der Waals surface area (Å²) in [7, 11) is 1.83. The molecule has 0 amide bonds. The zero-order valence-electron chi connectivity index (χ0n) is 13.3. The summed E-state index contributed by atoms with van der Waals surface area (Å²) >= 11 is 2.08. The van der Waals surface area contributed by atoms with Crippen molar-refractivity contribution in [2.45, 2.75) is 62.3 Å². The van der Waals surface area contributed by atoms with Gasteiger partial charge in [-0.25, -0.2) is 0 Å². The number of methoxy groups -OCH3 is 1. The van der Waals surface area contributed by atoms with E-state index in [0.29, 0.717) is 18.2 Å². The smallest absolute Gasteiger partial charge is 0.0713 e. The summed E-state index contributed by atoms with van der Waals surface area (Å²) in [5, 5.41) is 0. The van der Waals surface area contributed by atoms with E-state index in [9.17, 15) is 0 Å². The van der Waals surface area contributed by atoms with Gasteiger partial charge in [-0.15, -0.1) is 0 Å². The molecule has 0 aromatic carbocycles. The average Bonchev–Trinajstić information content (AvgIpc) is 2.55. The van der Waals surface area contributed by atoms with Crippen molar-refractivity contribution < 1.29 is 9.47 Å². The van der Waals surface area contributed by atoms with Crippen LogP contribution >= 0.6 is 11.8 Å². The number of thioether (sulfide) groups is 1. The molecule has 3 aliphatic rings. The lowest BCUT2D eigenvalue weighted by molar-refractivity contribution is -0.122. The van der Waals surface area contributed by atoms with Gasteiger partial charge in [0.25, 0.3) is 0 Å². The SMILES string of the molecule is COC1CCN(C2CCOC3(CCSCC3)C2)C(CN)C1. The highest BCUT2D eigenvalue weighted by atomic mass is 32.2. The first-order valence-corrected chi connectivity index (χ1v) is 9.62. The van der Waals surface area contributed by atoms with E-state index in [1.165, 1.54) is 37.2 Å². The minimum absolute atomic E-state index is 0.172. The van der Waals surface area contributed by atoms with Gasteiger partial charge in [0.1, 0.15) is 0 Å². The number of nitrogens with two attached hydrogens (primary N) is 1. The molecule has 3 aliphatic heterocycles. The molecule has 3 saturated heterocycles. The maximum Gasteiger partial charge on any atom is 0.0713 e. The lowest BCUT2D eigenvalue weighted by atomic mass is 9.83. The molecule has 4 nitrogen and oxygen atoms in total. The van der Waals surface area contributed by atoms with Crippen molar-refractivity contribution in [3.63, 3.8) is 0 Å². The summed E-state index contributed by atoms with van der Waals surface area (Å²) in [6.45, 7) is 2.81. The molecule has 2 N–H and O–H groups in total. The maximum absolute atomic E-state index is 6.24. The number of hydrogen-bond acceptors (Lipinski definition) is 5. The van der Waals surface area contributed by atoms with E-state index >= 15 is 0 Å². The minimum Gasteiger partial charge on any atom is -0.381 e. The van der Waals surface area contributed by atoms with Crippen LogP contribution in [0, 0.1) is 0 Å². The predicted octanol–water partition coefficient (Wildman–Crippen LogP) is 1.87. The highest BCUT2D eigenvalue weighted by Gasteiger charge is 2.42. The fraction of sp³-hybridized carbons (Fsp3) is 1.00. The van der Waals surface area contributed by atoms with Gasteiger partial charge in [-0.1, -0.05) is 0 Å². The van der Waals surface area contributed by atoms with Crippen molar-refractivity contribution >= 4 is 11.8 Å². The Hall–Kier alpha value is 0.190. The van der Waals surface area contributed by atoms with Gasteiger partial charge in [-0.3, -0.25) is 4.90 Å². The predicted molar refractivity (Wildman–Crippen MR) is 87.8 cm³/mol. The number of piperidine rings is 1. The molecule has 0 aliphatic carbocycles. The van der Waals surface area contributed by atoms with E-state index in [1.807, 2.05) is 7.11 Å². The summed E-state index contributed by atoms with van der Waals surface area (Å²) in [6, 6.07) is 1.15. The van der Waals surface area contributed by atoms with E-state index < -0.39 is 0 Å². The van der Waals surface area contributed by atoms with Crippen molar-refractivity contribution in [3.05, 3.63) is 0 Å². The van der Waals surface area contributed by atoms with Crippen molar-refractivity contribution in [2.24, 2.45) is 5.73 Å². The monoisotopic (exact) mass is 314 g/mol. The Kier molecular flexibility index (Phi) is 5.49. The number of nitrogens with zero attached hydrogens (tertiary/aromatic N) is 1. The number of hydrogen-bond donors (Lipinski definition) is 1. The van der Waals surface area contributed by atoms with E-state index in [-0.39, 0.29) is 5.60 Å². The largest absolute Gasteiger partial charge is 0.381 e.